The normalized spacial score (nSPS) is 7.64. The minimum Gasteiger partial charge on any atom is -0.384 e. The molecule has 7 N–H and O–H groups in total. The summed E-state index contributed by atoms with van der Waals surface area (Å²) >= 11 is 0. The van der Waals surface area contributed by atoms with Crippen LogP contribution in [0.3, 0.4) is 0 Å². The first kappa shape index (κ1) is 9.22. The third-order valence-corrected chi connectivity index (χ3v) is 0.688. The van der Waals surface area contributed by atoms with Crippen molar-refractivity contribution in [2.24, 2.45) is 11.5 Å². The van der Waals surface area contributed by atoms with E-state index in [1.54, 1.807) is 12.3 Å². The fourth-order valence-corrected chi connectivity index (χ4v) is 0.376. The number of aromatic nitrogens is 1. The van der Waals surface area contributed by atoms with E-state index in [9.17, 15) is 0 Å². The number of rotatable bonds is 0. The molecule has 11 heavy (non-hydrogen) atoms. The molecule has 1 aromatic heterocycles. The maximum absolute atomic E-state index is 6.06. The first-order valence-electron chi connectivity index (χ1n) is 2.89. The van der Waals surface area contributed by atoms with Crippen molar-refractivity contribution >= 4 is 11.8 Å². The second kappa shape index (κ2) is 5.04. The van der Waals surface area contributed by atoms with Crippen LogP contribution in [-0.4, -0.2) is 10.9 Å². The van der Waals surface area contributed by atoms with Gasteiger partial charge in [0, 0.05) is 6.20 Å². The number of nitrogens with one attached hydrogen (secondary N) is 1. The number of pyridine rings is 1. The Morgan fingerprint density at radius 2 is 1.91 bits per heavy atom. The highest BCUT2D eigenvalue weighted by Gasteiger charge is 1.73. The van der Waals surface area contributed by atoms with E-state index in [0.29, 0.717) is 5.82 Å². The minimum atomic E-state index is -0.333. The third-order valence-electron chi connectivity index (χ3n) is 0.688. The van der Waals surface area contributed by atoms with Gasteiger partial charge in [0.2, 0.25) is 0 Å². The highest BCUT2D eigenvalue weighted by Crippen LogP contribution is 1.89. The number of nitrogens with two attached hydrogens (primary N) is 3. The molecule has 1 rings (SSSR count). The Morgan fingerprint density at radius 1 is 1.36 bits per heavy atom. The van der Waals surface area contributed by atoms with Gasteiger partial charge >= 0.3 is 0 Å². The van der Waals surface area contributed by atoms with Gasteiger partial charge in [0.05, 0.1) is 0 Å². The quantitative estimate of drug-likeness (QED) is 0.297. The zero-order valence-electron chi connectivity index (χ0n) is 5.99. The Hall–Kier alpha value is -1.78. The van der Waals surface area contributed by atoms with E-state index < -0.39 is 0 Å². The number of anilines is 1. The van der Waals surface area contributed by atoms with Crippen LogP contribution in [0.25, 0.3) is 0 Å². The van der Waals surface area contributed by atoms with Crippen LogP contribution in [0.4, 0.5) is 5.82 Å². The lowest BCUT2D eigenvalue weighted by atomic mass is 10.5. The van der Waals surface area contributed by atoms with Gasteiger partial charge in [-0.15, -0.1) is 0 Å². The standard InChI is InChI=1S/C5H6N2.CH5N3/c6-5-3-1-2-4-7-5;2-1(3)4/h1-4H,(H2,6,7);(H5,2,3,4). The predicted molar refractivity (Wildman–Crippen MR) is 44.8 cm³/mol. The molecular formula is C6H11N5. The van der Waals surface area contributed by atoms with Gasteiger partial charge < -0.3 is 17.2 Å². The van der Waals surface area contributed by atoms with Crippen LogP contribution < -0.4 is 17.2 Å². The van der Waals surface area contributed by atoms with Crippen molar-refractivity contribution in [3.8, 4) is 0 Å². The summed E-state index contributed by atoms with van der Waals surface area (Å²) in [4.78, 5) is 3.76. The molecule has 0 aliphatic heterocycles. The van der Waals surface area contributed by atoms with Crippen LogP contribution in [0.1, 0.15) is 0 Å². The summed E-state index contributed by atoms with van der Waals surface area (Å²) in [6.07, 6.45) is 1.66. The molecule has 1 aromatic rings. The maximum Gasteiger partial charge on any atom is 0.183 e. The average Bonchev–Trinajstić information content (AvgIpc) is 1.87. The van der Waals surface area contributed by atoms with Crippen molar-refractivity contribution in [1.82, 2.24) is 4.98 Å². The van der Waals surface area contributed by atoms with E-state index in [1.807, 2.05) is 12.1 Å². The number of nitrogen functional groups attached to an aromatic ring is 1. The molecule has 0 aromatic carbocycles. The summed E-state index contributed by atoms with van der Waals surface area (Å²) in [6.45, 7) is 0. The monoisotopic (exact) mass is 153 g/mol. The Balaban J connectivity index is 0.000000218. The molecule has 0 fully saturated rings. The van der Waals surface area contributed by atoms with E-state index in [-0.39, 0.29) is 5.96 Å². The molecule has 0 saturated carbocycles. The molecule has 0 unspecified atom stereocenters. The van der Waals surface area contributed by atoms with E-state index in [0.717, 1.165) is 0 Å². The molecule has 0 amide bonds. The summed E-state index contributed by atoms with van der Waals surface area (Å²) < 4.78 is 0. The molecule has 0 radical (unpaired) electrons. The van der Waals surface area contributed by atoms with Gasteiger partial charge in [0.15, 0.2) is 5.96 Å². The first-order chi connectivity index (χ1) is 5.13. The van der Waals surface area contributed by atoms with Crippen molar-refractivity contribution in [2.75, 3.05) is 5.73 Å². The fourth-order valence-electron chi connectivity index (χ4n) is 0.376. The fraction of sp³-hybridized carbons (Fsp3) is 0. The molecule has 0 atom stereocenters. The van der Waals surface area contributed by atoms with E-state index in [4.69, 9.17) is 11.1 Å². The molecule has 1 heterocycles. The summed E-state index contributed by atoms with van der Waals surface area (Å²) in [7, 11) is 0. The summed E-state index contributed by atoms with van der Waals surface area (Å²) in [5.74, 6) is 0.238. The molecule has 0 aliphatic carbocycles. The minimum absolute atomic E-state index is 0.333. The van der Waals surface area contributed by atoms with Crippen LogP contribution in [0, 0.1) is 5.41 Å². The van der Waals surface area contributed by atoms with Gasteiger partial charge in [-0.2, -0.15) is 0 Å². The van der Waals surface area contributed by atoms with Crippen molar-refractivity contribution in [1.29, 1.82) is 5.41 Å². The number of nitrogens with zero attached hydrogens (tertiary/aromatic N) is 1. The van der Waals surface area contributed by atoms with Crippen molar-refractivity contribution in [2.45, 2.75) is 0 Å². The number of guanidine groups is 1. The zero-order chi connectivity index (χ0) is 8.69. The lowest BCUT2D eigenvalue weighted by molar-refractivity contribution is 1.34. The molecular weight excluding hydrogens is 142 g/mol. The largest absolute Gasteiger partial charge is 0.384 e. The number of hydrogen-bond acceptors (Lipinski definition) is 3. The van der Waals surface area contributed by atoms with E-state index in [2.05, 4.69) is 16.5 Å². The van der Waals surface area contributed by atoms with E-state index >= 15 is 0 Å². The first-order valence-corrected chi connectivity index (χ1v) is 2.89. The van der Waals surface area contributed by atoms with Gasteiger partial charge in [-0.1, -0.05) is 6.07 Å². The van der Waals surface area contributed by atoms with Crippen molar-refractivity contribution < 1.29 is 0 Å². The van der Waals surface area contributed by atoms with Crippen LogP contribution in [0.5, 0.6) is 0 Å². The molecule has 60 valence electrons. The van der Waals surface area contributed by atoms with Gasteiger partial charge in [0.1, 0.15) is 5.82 Å². The van der Waals surface area contributed by atoms with Crippen molar-refractivity contribution in [3.05, 3.63) is 24.4 Å². The topological polar surface area (TPSA) is 115 Å². The molecule has 0 spiro atoms. The van der Waals surface area contributed by atoms with Crippen LogP contribution in [-0.2, 0) is 0 Å². The van der Waals surface area contributed by atoms with Crippen LogP contribution in [0.2, 0.25) is 0 Å². The predicted octanol–water partition coefficient (Wildman–Crippen LogP) is -0.498. The highest BCUT2D eigenvalue weighted by atomic mass is 14.9. The summed E-state index contributed by atoms with van der Waals surface area (Å²) in [5.41, 5.74) is 14.2. The molecule has 0 saturated heterocycles. The Kier molecular flexibility index (Phi) is 4.22. The molecule has 5 nitrogen and oxygen atoms in total. The zero-order valence-corrected chi connectivity index (χ0v) is 5.99. The van der Waals surface area contributed by atoms with Crippen LogP contribution in [0.15, 0.2) is 24.4 Å². The third kappa shape index (κ3) is 8.22. The van der Waals surface area contributed by atoms with Gasteiger partial charge in [-0.3, -0.25) is 5.41 Å². The Bertz CT molecular complexity index is 203. The van der Waals surface area contributed by atoms with Gasteiger partial charge in [0.25, 0.3) is 0 Å². The summed E-state index contributed by atoms with van der Waals surface area (Å²) in [5, 5.41) is 6.06. The smallest absolute Gasteiger partial charge is 0.183 e. The molecule has 5 heteroatoms. The lowest BCUT2D eigenvalue weighted by Crippen LogP contribution is -2.20. The summed E-state index contributed by atoms with van der Waals surface area (Å²) in [6, 6.07) is 5.43. The van der Waals surface area contributed by atoms with Gasteiger partial charge in [-0.25, -0.2) is 4.98 Å². The second-order valence-corrected chi connectivity index (χ2v) is 1.71. The second-order valence-electron chi connectivity index (χ2n) is 1.71. The molecule has 0 bridgehead atoms. The Labute approximate surface area is 64.7 Å². The highest BCUT2D eigenvalue weighted by molar-refractivity contribution is 5.71. The average molecular weight is 153 g/mol. The van der Waals surface area contributed by atoms with Crippen LogP contribution >= 0.6 is 0 Å². The SMILES string of the molecule is N=C(N)N.Nc1ccccn1. The Morgan fingerprint density at radius 3 is 2.09 bits per heavy atom. The van der Waals surface area contributed by atoms with E-state index in [1.165, 1.54) is 0 Å². The van der Waals surface area contributed by atoms with Gasteiger partial charge in [-0.05, 0) is 12.1 Å². The molecule has 0 aliphatic rings. The number of hydrogen-bond donors (Lipinski definition) is 4. The maximum atomic E-state index is 6.06. The lowest BCUT2D eigenvalue weighted by Gasteiger charge is -1.82. The van der Waals surface area contributed by atoms with Crippen molar-refractivity contribution in [3.63, 3.8) is 0 Å².